The molecule has 0 unspecified atom stereocenters. The maximum absolute atomic E-state index is 12.0. The monoisotopic (exact) mass is 290 g/mol. The number of rotatable bonds is 5. The maximum atomic E-state index is 12.0. The summed E-state index contributed by atoms with van der Waals surface area (Å²) in [7, 11) is 3.00. The third kappa shape index (κ3) is 3.16. The molecule has 0 bridgehead atoms. The van der Waals surface area contributed by atoms with Gasteiger partial charge in [-0.25, -0.2) is 9.55 Å². The number of aromatic nitrogens is 2. The Bertz CT molecular complexity index is 663. The second-order valence-corrected chi connectivity index (χ2v) is 4.29. The Labute approximate surface area is 120 Å². The molecule has 0 fully saturated rings. The number of carbonyl (C=O) groups is 1. The SMILES string of the molecule is COc1ccc(CNC(=O)c2ncc([N+](=O)[O-])n2C)cc1. The zero-order chi connectivity index (χ0) is 15.4. The van der Waals surface area contributed by atoms with Gasteiger partial charge in [0, 0.05) is 6.54 Å². The topological polar surface area (TPSA) is 99.3 Å². The van der Waals surface area contributed by atoms with Crippen LogP contribution in [0.5, 0.6) is 5.75 Å². The molecule has 8 nitrogen and oxygen atoms in total. The van der Waals surface area contributed by atoms with Gasteiger partial charge in [0.05, 0.1) is 14.2 Å². The number of carbonyl (C=O) groups excluding carboxylic acids is 1. The van der Waals surface area contributed by atoms with Crippen LogP contribution in [0, 0.1) is 10.1 Å². The summed E-state index contributed by atoms with van der Waals surface area (Å²) < 4.78 is 6.18. The lowest BCUT2D eigenvalue weighted by Gasteiger charge is -2.05. The zero-order valence-electron chi connectivity index (χ0n) is 11.6. The largest absolute Gasteiger partial charge is 0.497 e. The average molecular weight is 290 g/mol. The molecule has 0 spiro atoms. The number of imidazole rings is 1. The molecule has 0 aliphatic heterocycles. The van der Waals surface area contributed by atoms with E-state index in [0.29, 0.717) is 6.54 Å². The van der Waals surface area contributed by atoms with Crippen LogP contribution in [0.1, 0.15) is 16.2 Å². The standard InChI is InChI=1S/C13H14N4O4/c1-16-11(17(19)20)8-14-12(16)13(18)15-7-9-3-5-10(21-2)6-4-9/h3-6,8H,7H2,1-2H3,(H,15,18). The first-order valence-electron chi connectivity index (χ1n) is 6.10. The minimum absolute atomic E-state index is 0.00443. The molecular formula is C13H14N4O4. The molecule has 0 radical (unpaired) electrons. The van der Waals surface area contributed by atoms with E-state index in [1.165, 1.54) is 7.05 Å². The number of benzene rings is 1. The third-order valence-corrected chi connectivity index (χ3v) is 2.97. The fraction of sp³-hybridized carbons (Fsp3) is 0.231. The number of nitro groups is 1. The van der Waals surface area contributed by atoms with Crippen LogP contribution in [0.15, 0.2) is 30.5 Å². The summed E-state index contributed by atoms with van der Waals surface area (Å²) in [5.41, 5.74) is 0.882. The number of nitrogens with one attached hydrogen (secondary N) is 1. The molecule has 1 heterocycles. The van der Waals surface area contributed by atoms with Gasteiger partial charge in [-0.05, 0) is 22.6 Å². The van der Waals surface area contributed by atoms with E-state index in [0.717, 1.165) is 22.1 Å². The summed E-state index contributed by atoms with van der Waals surface area (Å²) in [5, 5.41) is 13.4. The van der Waals surface area contributed by atoms with E-state index in [4.69, 9.17) is 4.74 Å². The molecule has 2 rings (SSSR count). The van der Waals surface area contributed by atoms with E-state index >= 15 is 0 Å². The Morgan fingerprint density at radius 1 is 1.43 bits per heavy atom. The van der Waals surface area contributed by atoms with Gasteiger partial charge in [-0.15, -0.1) is 0 Å². The molecule has 1 aromatic carbocycles. The highest BCUT2D eigenvalue weighted by atomic mass is 16.6. The van der Waals surface area contributed by atoms with Gasteiger partial charge in [0.15, 0.2) is 0 Å². The number of hydrogen-bond acceptors (Lipinski definition) is 5. The zero-order valence-corrected chi connectivity index (χ0v) is 11.6. The van der Waals surface area contributed by atoms with Crippen LogP contribution in [0.2, 0.25) is 0 Å². The van der Waals surface area contributed by atoms with Gasteiger partial charge >= 0.3 is 11.7 Å². The van der Waals surface area contributed by atoms with Crippen molar-refractivity contribution in [2.75, 3.05) is 7.11 Å². The Morgan fingerprint density at radius 3 is 2.62 bits per heavy atom. The van der Waals surface area contributed by atoms with Gasteiger partial charge in [0.2, 0.25) is 0 Å². The van der Waals surface area contributed by atoms with Crippen molar-refractivity contribution in [1.82, 2.24) is 14.9 Å². The lowest BCUT2D eigenvalue weighted by molar-refractivity contribution is -0.391. The molecule has 1 amide bonds. The Hall–Kier alpha value is -2.90. The fourth-order valence-corrected chi connectivity index (χ4v) is 1.79. The highest BCUT2D eigenvalue weighted by Gasteiger charge is 2.22. The van der Waals surface area contributed by atoms with Crippen LogP contribution in [-0.2, 0) is 13.6 Å². The number of nitrogens with zero attached hydrogens (tertiary/aromatic N) is 3. The minimum Gasteiger partial charge on any atom is -0.497 e. The van der Waals surface area contributed by atoms with Crippen LogP contribution in [-0.4, -0.2) is 27.5 Å². The van der Waals surface area contributed by atoms with Gasteiger partial charge in [-0.2, -0.15) is 0 Å². The molecule has 1 N–H and O–H groups in total. The Kier molecular flexibility index (Phi) is 4.17. The van der Waals surface area contributed by atoms with Crippen LogP contribution in [0.4, 0.5) is 5.82 Å². The maximum Gasteiger partial charge on any atom is 0.343 e. The number of ether oxygens (including phenoxy) is 1. The first-order valence-corrected chi connectivity index (χ1v) is 6.10. The molecule has 1 aromatic heterocycles. The molecule has 0 aliphatic rings. The predicted octanol–water partition coefficient (Wildman–Crippen LogP) is 1.27. The van der Waals surface area contributed by atoms with Crippen molar-refractivity contribution < 1.29 is 14.5 Å². The highest BCUT2D eigenvalue weighted by Crippen LogP contribution is 2.13. The van der Waals surface area contributed by atoms with Gasteiger partial charge in [-0.1, -0.05) is 12.1 Å². The summed E-state index contributed by atoms with van der Waals surface area (Å²) in [6.07, 6.45) is 1.06. The molecule has 0 aliphatic carbocycles. The van der Waals surface area contributed by atoms with Crippen molar-refractivity contribution in [3.05, 3.63) is 52.0 Å². The van der Waals surface area contributed by atoms with Gasteiger partial charge < -0.3 is 20.2 Å². The third-order valence-electron chi connectivity index (χ3n) is 2.97. The smallest absolute Gasteiger partial charge is 0.343 e. The second-order valence-electron chi connectivity index (χ2n) is 4.29. The normalized spacial score (nSPS) is 10.2. The van der Waals surface area contributed by atoms with E-state index in [1.807, 2.05) is 12.1 Å². The summed E-state index contributed by atoms with van der Waals surface area (Å²) in [5.74, 6) is 0.0195. The van der Waals surface area contributed by atoms with Crippen LogP contribution in [0.3, 0.4) is 0 Å². The lowest BCUT2D eigenvalue weighted by atomic mass is 10.2. The average Bonchev–Trinajstić information content (AvgIpc) is 2.87. The van der Waals surface area contributed by atoms with Crippen molar-refractivity contribution in [2.45, 2.75) is 6.54 Å². The van der Waals surface area contributed by atoms with Crippen molar-refractivity contribution in [2.24, 2.45) is 7.05 Å². The van der Waals surface area contributed by atoms with E-state index in [1.54, 1.807) is 19.2 Å². The van der Waals surface area contributed by atoms with Crippen molar-refractivity contribution in [3.8, 4) is 5.75 Å². The van der Waals surface area contributed by atoms with Crippen LogP contribution >= 0.6 is 0 Å². The second kappa shape index (κ2) is 6.04. The number of hydrogen-bond donors (Lipinski definition) is 1. The van der Waals surface area contributed by atoms with Crippen LogP contribution in [0.25, 0.3) is 0 Å². The number of amides is 1. The minimum atomic E-state index is -0.590. The first kappa shape index (κ1) is 14.5. The summed E-state index contributed by atoms with van der Waals surface area (Å²) in [4.78, 5) is 25.8. The summed E-state index contributed by atoms with van der Waals surface area (Å²) in [6, 6.07) is 7.21. The van der Waals surface area contributed by atoms with E-state index in [-0.39, 0.29) is 11.6 Å². The van der Waals surface area contributed by atoms with Gasteiger partial charge in [-0.3, -0.25) is 4.79 Å². The van der Waals surface area contributed by atoms with Gasteiger partial charge in [0.25, 0.3) is 5.82 Å². The first-order chi connectivity index (χ1) is 10.0. The molecule has 110 valence electrons. The lowest BCUT2D eigenvalue weighted by Crippen LogP contribution is -2.25. The molecule has 0 saturated carbocycles. The summed E-state index contributed by atoms with van der Waals surface area (Å²) in [6.45, 7) is 0.295. The molecule has 0 atom stereocenters. The quantitative estimate of drug-likeness (QED) is 0.660. The van der Waals surface area contributed by atoms with E-state index in [9.17, 15) is 14.9 Å². The van der Waals surface area contributed by atoms with E-state index in [2.05, 4.69) is 10.3 Å². The van der Waals surface area contributed by atoms with Crippen molar-refractivity contribution in [1.29, 1.82) is 0 Å². The van der Waals surface area contributed by atoms with Crippen molar-refractivity contribution in [3.63, 3.8) is 0 Å². The van der Waals surface area contributed by atoms with Crippen molar-refractivity contribution >= 4 is 11.7 Å². The summed E-state index contributed by atoms with van der Waals surface area (Å²) >= 11 is 0. The molecule has 8 heteroatoms. The molecule has 21 heavy (non-hydrogen) atoms. The van der Waals surface area contributed by atoms with Gasteiger partial charge in [0.1, 0.15) is 11.9 Å². The fourth-order valence-electron chi connectivity index (χ4n) is 1.79. The molecular weight excluding hydrogens is 276 g/mol. The Balaban J connectivity index is 2.03. The molecule has 2 aromatic rings. The Morgan fingerprint density at radius 2 is 2.10 bits per heavy atom. The van der Waals surface area contributed by atoms with Crippen LogP contribution < -0.4 is 10.1 Å². The number of methoxy groups -OCH3 is 1. The van der Waals surface area contributed by atoms with E-state index < -0.39 is 10.8 Å². The molecule has 0 saturated heterocycles. The highest BCUT2D eigenvalue weighted by molar-refractivity contribution is 5.91. The predicted molar refractivity (Wildman–Crippen MR) is 74.0 cm³/mol.